The summed E-state index contributed by atoms with van der Waals surface area (Å²) >= 11 is 0. The average molecular weight is 258 g/mol. The largest absolute Gasteiger partial charge is 0.497 e. The molecule has 0 saturated heterocycles. The fourth-order valence-corrected chi connectivity index (χ4v) is 2.55. The molecule has 0 saturated carbocycles. The van der Waals surface area contributed by atoms with E-state index in [1.54, 1.807) is 26.2 Å². The SMILES string of the molecule is COc1ccc(C(C)NS(=O)(=O)CCN)cc1. The van der Waals surface area contributed by atoms with E-state index < -0.39 is 10.0 Å². The Hall–Kier alpha value is -1.11. The summed E-state index contributed by atoms with van der Waals surface area (Å²) in [4.78, 5) is 0. The zero-order valence-corrected chi connectivity index (χ0v) is 10.8. The molecule has 1 aromatic carbocycles. The van der Waals surface area contributed by atoms with Crippen molar-refractivity contribution in [2.75, 3.05) is 19.4 Å². The van der Waals surface area contributed by atoms with Crippen LogP contribution in [-0.4, -0.2) is 27.8 Å². The number of rotatable bonds is 6. The van der Waals surface area contributed by atoms with Gasteiger partial charge in [-0.05, 0) is 24.6 Å². The van der Waals surface area contributed by atoms with Crippen molar-refractivity contribution in [3.63, 3.8) is 0 Å². The Balaban J connectivity index is 2.72. The Morgan fingerprint density at radius 2 is 1.94 bits per heavy atom. The molecule has 3 N–H and O–H groups in total. The maximum Gasteiger partial charge on any atom is 0.213 e. The fraction of sp³-hybridized carbons (Fsp3) is 0.455. The second-order valence-electron chi connectivity index (χ2n) is 3.72. The number of benzene rings is 1. The predicted molar refractivity (Wildman–Crippen MR) is 67.4 cm³/mol. The van der Waals surface area contributed by atoms with Gasteiger partial charge in [0.1, 0.15) is 5.75 Å². The minimum absolute atomic E-state index is 0.0620. The summed E-state index contributed by atoms with van der Waals surface area (Å²) in [5.41, 5.74) is 6.11. The van der Waals surface area contributed by atoms with E-state index in [2.05, 4.69) is 4.72 Å². The van der Waals surface area contributed by atoms with E-state index in [9.17, 15) is 8.42 Å². The molecule has 1 atom stereocenters. The Labute approximate surface area is 102 Å². The molecule has 96 valence electrons. The fourth-order valence-electron chi connectivity index (χ4n) is 1.44. The van der Waals surface area contributed by atoms with Gasteiger partial charge in [-0.25, -0.2) is 13.1 Å². The maximum absolute atomic E-state index is 11.5. The van der Waals surface area contributed by atoms with Crippen molar-refractivity contribution in [2.24, 2.45) is 5.73 Å². The van der Waals surface area contributed by atoms with Crippen LogP contribution in [0.2, 0.25) is 0 Å². The summed E-state index contributed by atoms with van der Waals surface area (Å²) in [6, 6.07) is 6.96. The zero-order chi connectivity index (χ0) is 12.9. The van der Waals surface area contributed by atoms with Crippen LogP contribution in [0.3, 0.4) is 0 Å². The molecule has 0 bridgehead atoms. The monoisotopic (exact) mass is 258 g/mol. The third-order valence-corrected chi connectivity index (χ3v) is 3.84. The standard InChI is InChI=1S/C11H18N2O3S/c1-9(13-17(14,15)8-7-12)10-3-5-11(16-2)6-4-10/h3-6,9,13H,7-8,12H2,1-2H3. The van der Waals surface area contributed by atoms with Crippen LogP contribution in [0, 0.1) is 0 Å². The molecule has 0 fully saturated rings. The number of ether oxygens (including phenoxy) is 1. The van der Waals surface area contributed by atoms with E-state index in [4.69, 9.17) is 10.5 Å². The third kappa shape index (κ3) is 4.33. The highest BCUT2D eigenvalue weighted by Gasteiger charge is 2.14. The normalized spacial score (nSPS) is 13.4. The second-order valence-corrected chi connectivity index (χ2v) is 5.59. The predicted octanol–water partition coefficient (Wildman–Crippen LogP) is 0.634. The zero-order valence-electron chi connectivity index (χ0n) is 10.0. The first-order valence-corrected chi connectivity index (χ1v) is 6.98. The van der Waals surface area contributed by atoms with E-state index in [0.717, 1.165) is 11.3 Å². The van der Waals surface area contributed by atoms with Gasteiger partial charge in [0.25, 0.3) is 0 Å². The summed E-state index contributed by atoms with van der Waals surface area (Å²) < 4.78 is 30.6. The molecule has 0 aliphatic heterocycles. The molecule has 1 aromatic rings. The van der Waals surface area contributed by atoms with Crippen LogP contribution < -0.4 is 15.2 Å². The van der Waals surface area contributed by atoms with Crippen molar-refractivity contribution in [3.8, 4) is 5.75 Å². The molecular weight excluding hydrogens is 240 g/mol. The van der Waals surface area contributed by atoms with Crippen molar-refractivity contribution in [3.05, 3.63) is 29.8 Å². The summed E-state index contributed by atoms with van der Waals surface area (Å²) in [7, 11) is -1.72. The number of sulfonamides is 1. The smallest absolute Gasteiger partial charge is 0.213 e. The van der Waals surface area contributed by atoms with Gasteiger partial charge in [0, 0.05) is 12.6 Å². The molecule has 0 aliphatic rings. The molecule has 0 aromatic heterocycles. The highest BCUT2D eigenvalue weighted by Crippen LogP contribution is 2.17. The van der Waals surface area contributed by atoms with Crippen molar-refractivity contribution < 1.29 is 13.2 Å². The topological polar surface area (TPSA) is 81.4 Å². The lowest BCUT2D eigenvalue weighted by molar-refractivity contribution is 0.414. The van der Waals surface area contributed by atoms with Crippen molar-refractivity contribution in [2.45, 2.75) is 13.0 Å². The lowest BCUT2D eigenvalue weighted by atomic mass is 10.1. The number of hydrogen-bond donors (Lipinski definition) is 2. The Kier molecular flexibility index (Phi) is 4.92. The summed E-state index contributed by atoms with van der Waals surface area (Å²) in [6.07, 6.45) is 0. The quantitative estimate of drug-likeness (QED) is 0.784. The van der Waals surface area contributed by atoms with Gasteiger partial charge in [0.05, 0.1) is 12.9 Å². The summed E-state index contributed by atoms with van der Waals surface area (Å²) in [5, 5.41) is 0. The second kappa shape index (κ2) is 6.00. The molecule has 0 spiro atoms. The number of nitrogens with one attached hydrogen (secondary N) is 1. The van der Waals surface area contributed by atoms with E-state index in [1.165, 1.54) is 0 Å². The van der Waals surface area contributed by atoms with Crippen molar-refractivity contribution >= 4 is 10.0 Å². The Bertz CT molecular complexity index is 442. The van der Waals surface area contributed by atoms with Crippen LogP contribution in [0.25, 0.3) is 0 Å². The molecule has 6 heteroatoms. The molecule has 0 heterocycles. The van der Waals surface area contributed by atoms with E-state index in [-0.39, 0.29) is 18.3 Å². The van der Waals surface area contributed by atoms with Gasteiger partial charge < -0.3 is 10.5 Å². The molecule has 0 aliphatic carbocycles. The molecule has 1 rings (SSSR count). The molecular formula is C11H18N2O3S. The third-order valence-electron chi connectivity index (χ3n) is 2.36. The maximum atomic E-state index is 11.5. The van der Waals surface area contributed by atoms with E-state index >= 15 is 0 Å². The van der Waals surface area contributed by atoms with Crippen LogP contribution in [0.1, 0.15) is 18.5 Å². The summed E-state index contributed by atoms with van der Waals surface area (Å²) in [6.45, 7) is 1.90. The number of nitrogens with two attached hydrogens (primary N) is 1. The first-order chi connectivity index (χ1) is 7.98. The van der Waals surface area contributed by atoms with E-state index in [1.807, 2.05) is 12.1 Å². The van der Waals surface area contributed by atoms with Gasteiger partial charge in [-0.2, -0.15) is 0 Å². The first-order valence-electron chi connectivity index (χ1n) is 5.32. The van der Waals surface area contributed by atoms with Gasteiger partial charge in [-0.15, -0.1) is 0 Å². The van der Waals surface area contributed by atoms with Crippen LogP contribution in [0.5, 0.6) is 5.75 Å². The van der Waals surface area contributed by atoms with E-state index in [0.29, 0.717) is 0 Å². The van der Waals surface area contributed by atoms with Crippen LogP contribution in [0.15, 0.2) is 24.3 Å². The van der Waals surface area contributed by atoms with Gasteiger partial charge in [0.15, 0.2) is 0 Å². The van der Waals surface area contributed by atoms with Crippen LogP contribution >= 0.6 is 0 Å². The number of hydrogen-bond acceptors (Lipinski definition) is 4. The van der Waals surface area contributed by atoms with Gasteiger partial charge >= 0.3 is 0 Å². The molecule has 5 nitrogen and oxygen atoms in total. The minimum atomic E-state index is -3.30. The summed E-state index contributed by atoms with van der Waals surface area (Å²) in [5.74, 6) is 0.679. The van der Waals surface area contributed by atoms with Gasteiger partial charge in [-0.1, -0.05) is 12.1 Å². The van der Waals surface area contributed by atoms with Crippen molar-refractivity contribution in [1.29, 1.82) is 0 Å². The molecule has 17 heavy (non-hydrogen) atoms. The lowest BCUT2D eigenvalue weighted by Crippen LogP contribution is -2.31. The van der Waals surface area contributed by atoms with Gasteiger partial charge in [-0.3, -0.25) is 0 Å². The first kappa shape index (κ1) is 14.0. The molecule has 0 radical (unpaired) electrons. The number of methoxy groups -OCH3 is 1. The van der Waals surface area contributed by atoms with Crippen molar-refractivity contribution in [1.82, 2.24) is 4.72 Å². The van der Waals surface area contributed by atoms with Crippen LogP contribution in [-0.2, 0) is 10.0 Å². The molecule has 1 unspecified atom stereocenters. The average Bonchev–Trinajstić information content (AvgIpc) is 2.28. The van der Waals surface area contributed by atoms with Crippen LogP contribution in [0.4, 0.5) is 0 Å². The minimum Gasteiger partial charge on any atom is -0.497 e. The Morgan fingerprint density at radius 1 is 1.35 bits per heavy atom. The highest BCUT2D eigenvalue weighted by molar-refractivity contribution is 7.89. The van der Waals surface area contributed by atoms with Gasteiger partial charge in [0.2, 0.25) is 10.0 Å². The highest BCUT2D eigenvalue weighted by atomic mass is 32.2. The molecule has 0 amide bonds. The lowest BCUT2D eigenvalue weighted by Gasteiger charge is -2.14. The Morgan fingerprint density at radius 3 is 2.41 bits per heavy atom.